The van der Waals surface area contributed by atoms with Crippen LogP contribution in [0.4, 0.5) is 0 Å². The number of carbonyl (C=O) groups is 1. The Morgan fingerprint density at radius 2 is 1.76 bits per heavy atom. The van der Waals surface area contributed by atoms with Crippen LogP contribution in [0.1, 0.15) is 38.0 Å². The van der Waals surface area contributed by atoms with E-state index in [2.05, 4.69) is 6.92 Å². The average molecular weight is 396 g/mol. The van der Waals surface area contributed by atoms with Crippen molar-refractivity contribution in [2.24, 2.45) is 0 Å². The van der Waals surface area contributed by atoms with Crippen LogP contribution < -0.4 is 14.9 Å². The molecule has 0 aliphatic heterocycles. The third kappa shape index (κ3) is 4.96. The summed E-state index contributed by atoms with van der Waals surface area (Å²) in [4.78, 5) is 23.6. The van der Waals surface area contributed by atoms with E-state index in [4.69, 9.17) is 19.0 Å². The van der Waals surface area contributed by atoms with Gasteiger partial charge in [-0.2, -0.15) is 0 Å². The number of rotatable bonds is 9. The number of carboxylic acid groups (broad SMARTS) is 1. The van der Waals surface area contributed by atoms with Crippen molar-refractivity contribution in [3.63, 3.8) is 0 Å². The molecule has 29 heavy (non-hydrogen) atoms. The maximum absolute atomic E-state index is 13.0. The van der Waals surface area contributed by atoms with Crippen molar-refractivity contribution in [2.45, 2.75) is 39.5 Å². The molecule has 3 aromatic rings. The number of aryl methyl sites for hydroxylation is 2. The first-order chi connectivity index (χ1) is 14.0. The van der Waals surface area contributed by atoms with Crippen molar-refractivity contribution in [2.75, 3.05) is 6.61 Å². The Morgan fingerprint density at radius 1 is 1.03 bits per heavy atom. The van der Waals surface area contributed by atoms with Crippen molar-refractivity contribution in [1.29, 1.82) is 0 Å². The van der Waals surface area contributed by atoms with Crippen molar-refractivity contribution < 1.29 is 23.8 Å². The highest BCUT2D eigenvalue weighted by Crippen LogP contribution is 2.28. The van der Waals surface area contributed by atoms with Gasteiger partial charge in [-0.1, -0.05) is 26.0 Å². The fourth-order valence-electron chi connectivity index (χ4n) is 2.95. The third-order valence-corrected chi connectivity index (χ3v) is 4.57. The Kier molecular flexibility index (Phi) is 6.54. The minimum absolute atomic E-state index is 0.0442. The summed E-state index contributed by atoms with van der Waals surface area (Å²) >= 11 is 0. The van der Waals surface area contributed by atoms with Crippen molar-refractivity contribution in [3.8, 4) is 17.2 Å². The van der Waals surface area contributed by atoms with Crippen LogP contribution in [0.25, 0.3) is 11.0 Å². The Morgan fingerprint density at radius 3 is 2.41 bits per heavy atom. The van der Waals surface area contributed by atoms with Gasteiger partial charge in [-0.3, -0.25) is 9.59 Å². The second-order valence-electron chi connectivity index (χ2n) is 6.64. The van der Waals surface area contributed by atoms with Gasteiger partial charge in [0.1, 0.15) is 17.1 Å². The fourth-order valence-corrected chi connectivity index (χ4v) is 2.95. The molecule has 0 atom stereocenters. The summed E-state index contributed by atoms with van der Waals surface area (Å²) in [6.07, 6.45) is 1.88. The van der Waals surface area contributed by atoms with Crippen molar-refractivity contribution in [1.82, 2.24) is 0 Å². The number of hydrogen-bond acceptors (Lipinski definition) is 5. The second kappa shape index (κ2) is 9.28. The molecule has 0 aliphatic rings. The predicted octanol–water partition coefficient (Wildman–Crippen LogP) is 4.95. The fraction of sp³-hybridized carbons (Fsp3) is 0.304. The summed E-state index contributed by atoms with van der Waals surface area (Å²) in [7, 11) is 0. The molecule has 6 heteroatoms. The number of ether oxygens (including phenoxy) is 2. The van der Waals surface area contributed by atoms with Crippen LogP contribution in [0.2, 0.25) is 0 Å². The van der Waals surface area contributed by atoms with Crippen LogP contribution in [-0.2, 0) is 17.6 Å². The average Bonchev–Trinajstić information content (AvgIpc) is 2.73. The summed E-state index contributed by atoms with van der Waals surface area (Å²) in [6, 6.07) is 12.6. The standard InChI is InChI=1S/C23H24O6/c1-3-15-7-9-16(10-8-15)28-23-19(4-2)29-20-14-17(11-12-18(20)22(23)26)27-13-5-6-21(24)25/h7-12,14H,3-6,13H2,1-2H3,(H,24,25). The lowest BCUT2D eigenvalue weighted by molar-refractivity contribution is -0.137. The minimum Gasteiger partial charge on any atom is -0.493 e. The van der Waals surface area contributed by atoms with Gasteiger partial charge in [0.25, 0.3) is 0 Å². The number of fused-ring (bicyclic) bond motifs is 1. The van der Waals surface area contributed by atoms with Gasteiger partial charge in [-0.05, 0) is 42.7 Å². The van der Waals surface area contributed by atoms with E-state index in [0.29, 0.717) is 41.1 Å². The molecule has 6 nitrogen and oxygen atoms in total. The largest absolute Gasteiger partial charge is 0.493 e. The van der Waals surface area contributed by atoms with Crippen LogP contribution in [0.15, 0.2) is 51.7 Å². The van der Waals surface area contributed by atoms with E-state index >= 15 is 0 Å². The lowest BCUT2D eigenvalue weighted by Gasteiger charge is -2.11. The van der Waals surface area contributed by atoms with Gasteiger partial charge in [0.15, 0.2) is 5.76 Å². The molecule has 0 aliphatic carbocycles. The molecule has 0 saturated carbocycles. The molecule has 0 spiro atoms. The maximum atomic E-state index is 13.0. The van der Waals surface area contributed by atoms with E-state index in [-0.39, 0.29) is 24.2 Å². The van der Waals surface area contributed by atoms with Crippen LogP contribution in [0, 0.1) is 0 Å². The normalized spacial score (nSPS) is 10.8. The van der Waals surface area contributed by atoms with E-state index in [9.17, 15) is 9.59 Å². The summed E-state index contributed by atoms with van der Waals surface area (Å²) < 4.78 is 17.4. The topological polar surface area (TPSA) is 86.0 Å². The smallest absolute Gasteiger partial charge is 0.303 e. The Bertz CT molecular complexity index is 1050. The number of aliphatic carboxylic acids is 1. The SMILES string of the molecule is CCc1ccc(Oc2c(CC)oc3cc(OCCCC(=O)O)ccc3c2=O)cc1. The first kappa shape index (κ1) is 20.5. The molecule has 0 radical (unpaired) electrons. The molecule has 3 rings (SSSR count). The molecule has 0 unspecified atom stereocenters. The zero-order valence-corrected chi connectivity index (χ0v) is 16.6. The van der Waals surface area contributed by atoms with Gasteiger partial charge in [-0.15, -0.1) is 0 Å². The van der Waals surface area contributed by atoms with E-state index in [1.165, 1.54) is 5.56 Å². The summed E-state index contributed by atoms with van der Waals surface area (Å²) in [5.41, 5.74) is 1.37. The first-order valence-corrected chi connectivity index (χ1v) is 9.73. The second-order valence-corrected chi connectivity index (χ2v) is 6.64. The highest BCUT2D eigenvalue weighted by atomic mass is 16.5. The summed E-state index contributed by atoms with van der Waals surface area (Å²) in [5, 5.41) is 9.08. The monoisotopic (exact) mass is 396 g/mol. The van der Waals surface area contributed by atoms with Gasteiger partial charge in [-0.25, -0.2) is 0 Å². The number of hydrogen-bond donors (Lipinski definition) is 1. The van der Waals surface area contributed by atoms with Crippen LogP contribution >= 0.6 is 0 Å². The Hall–Kier alpha value is -3.28. The van der Waals surface area contributed by atoms with Crippen LogP contribution in [0.5, 0.6) is 17.2 Å². The highest BCUT2D eigenvalue weighted by Gasteiger charge is 2.16. The molecule has 0 amide bonds. The highest BCUT2D eigenvalue weighted by molar-refractivity contribution is 5.79. The minimum atomic E-state index is -0.859. The molecule has 0 fully saturated rings. The van der Waals surface area contributed by atoms with Gasteiger partial charge < -0.3 is 19.0 Å². The Labute approximate surface area is 168 Å². The zero-order chi connectivity index (χ0) is 20.8. The van der Waals surface area contributed by atoms with E-state index in [1.54, 1.807) is 18.2 Å². The molecule has 1 aromatic heterocycles. The molecular weight excluding hydrogens is 372 g/mol. The molecule has 0 bridgehead atoms. The lowest BCUT2D eigenvalue weighted by atomic mass is 10.1. The molecular formula is C23H24O6. The zero-order valence-electron chi connectivity index (χ0n) is 16.6. The van der Waals surface area contributed by atoms with Gasteiger partial charge in [0.05, 0.1) is 12.0 Å². The van der Waals surface area contributed by atoms with E-state index < -0.39 is 5.97 Å². The van der Waals surface area contributed by atoms with Gasteiger partial charge in [0.2, 0.25) is 11.2 Å². The maximum Gasteiger partial charge on any atom is 0.303 e. The number of carboxylic acids is 1. The quantitative estimate of drug-likeness (QED) is 0.515. The summed E-state index contributed by atoms with van der Waals surface area (Å²) in [5.74, 6) is 0.908. The van der Waals surface area contributed by atoms with Crippen LogP contribution in [0.3, 0.4) is 0 Å². The number of benzene rings is 2. The Balaban J connectivity index is 1.87. The van der Waals surface area contributed by atoms with E-state index in [1.807, 2.05) is 31.2 Å². The lowest BCUT2D eigenvalue weighted by Crippen LogP contribution is -2.09. The third-order valence-electron chi connectivity index (χ3n) is 4.57. The molecule has 1 heterocycles. The first-order valence-electron chi connectivity index (χ1n) is 9.73. The molecule has 0 saturated heterocycles. The van der Waals surface area contributed by atoms with Gasteiger partial charge >= 0.3 is 5.97 Å². The molecule has 1 N–H and O–H groups in total. The van der Waals surface area contributed by atoms with Crippen LogP contribution in [-0.4, -0.2) is 17.7 Å². The van der Waals surface area contributed by atoms with Crippen molar-refractivity contribution in [3.05, 3.63) is 64.0 Å². The van der Waals surface area contributed by atoms with Gasteiger partial charge in [0, 0.05) is 18.9 Å². The van der Waals surface area contributed by atoms with Crippen molar-refractivity contribution >= 4 is 16.9 Å². The predicted molar refractivity (Wildman–Crippen MR) is 110 cm³/mol. The summed E-state index contributed by atoms with van der Waals surface area (Å²) in [6.45, 7) is 4.24. The molecule has 152 valence electrons. The van der Waals surface area contributed by atoms with E-state index in [0.717, 1.165) is 6.42 Å². The molecule has 2 aromatic carbocycles.